The van der Waals surface area contributed by atoms with Crippen LogP contribution in [0.4, 0.5) is 0 Å². The molecule has 1 saturated heterocycles. The molecule has 2 rings (SSSR count). The molecule has 1 heterocycles. The first-order valence-corrected chi connectivity index (χ1v) is 4.86. The van der Waals surface area contributed by atoms with Crippen molar-refractivity contribution in [3.05, 3.63) is 0 Å². The Balaban J connectivity index is 1.85. The molecule has 0 aromatic carbocycles. The smallest absolute Gasteiger partial charge is 0.138 e. The maximum Gasteiger partial charge on any atom is 0.138 e. The molecule has 0 aromatic heterocycles. The van der Waals surface area contributed by atoms with Crippen molar-refractivity contribution in [2.45, 2.75) is 44.2 Å². The molecule has 2 atom stereocenters. The Kier molecular flexibility index (Phi) is 2.42. The van der Waals surface area contributed by atoms with E-state index in [9.17, 15) is 4.79 Å². The van der Waals surface area contributed by atoms with E-state index in [2.05, 4.69) is 10.9 Å². The Morgan fingerprint density at radius 3 is 2.50 bits per heavy atom. The van der Waals surface area contributed by atoms with Gasteiger partial charge in [0.25, 0.3) is 0 Å². The topological polar surface area (TPSA) is 41.1 Å². The minimum atomic E-state index is 0.0515. The third-order valence-electron chi connectivity index (χ3n) is 3.10. The zero-order valence-corrected chi connectivity index (χ0v) is 7.25. The highest BCUT2D eigenvalue weighted by molar-refractivity contribution is 5.58. The van der Waals surface area contributed by atoms with E-state index in [0.29, 0.717) is 6.04 Å². The highest BCUT2D eigenvalue weighted by Crippen LogP contribution is 2.30. The Bertz CT molecular complexity index is 166. The molecule has 0 amide bonds. The second-order valence-electron chi connectivity index (χ2n) is 3.92. The van der Waals surface area contributed by atoms with Crippen LogP contribution in [0, 0.1) is 5.92 Å². The number of nitrogens with one attached hydrogen (secondary N) is 2. The molecule has 2 N–H and O–H groups in total. The lowest BCUT2D eigenvalue weighted by Crippen LogP contribution is -2.36. The van der Waals surface area contributed by atoms with Crippen LogP contribution in [0.15, 0.2) is 0 Å². The zero-order valence-electron chi connectivity index (χ0n) is 7.25. The van der Waals surface area contributed by atoms with Gasteiger partial charge in [0.1, 0.15) is 6.29 Å². The number of rotatable bonds is 2. The minimum Gasteiger partial charge on any atom is -0.302 e. The molecule has 1 aliphatic carbocycles. The number of hydrazine groups is 1. The van der Waals surface area contributed by atoms with E-state index in [-0.39, 0.29) is 6.04 Å². The molecule has 0 bridgehead atoms. The van der Waals surface area contributed by atoms with E-state index in [1.54, 1.807) is 0 Å². The largest absolute Gasteiger partial charge is 0.302 e. The van der Waals surface area contributed by atoms with E-state index in [4.69, 9.17) is 0 Å². The van der Waals surface area contributed by atoms with Gasteiger partial charge in [-0.05, 0) is 25.2 Å². The van der Waals surface area contributed by atoms with Gasteiger partial charge in [-0.1, -0.05) is 12.8 Å². The minimum absolute atomic E-state index is 0.0515. The van der Waals surface area contributed by atoms with Crippen molar-refractivity contribution in [2.24, 2.45) is 5.92 Å². The van der Waals surface area contributed by atoms with E-state index in [1.165, 1.54) is 25.7 Å². The summed E-state index contributed by atoms with van der Waals surface area (Å²) in [5.41, 5.74) is 6.23. The summed E-state index contributed by atoms with van der Waals surface area (Å²) in [5, 5.41) is 0. The van der Waals surface area contributed by atoms with Crippen LogP contribution in [0.5, 0.6) is 0 Å². The van der Waals surface area contributed by atoms with Crippen molar-refractivity contribution in [1.82, 2.24) is 10.9 Å². The van der Waals surface area contributed by atoms with Crippen LogP contribution < -0.4 is 10.9 Å². The van der Waals surface area contributed by atoms with Gasteiger partial charge in [-0.3, -0.25) is 5.43 Å². The summed E-state index contributed by atoms with van der Waals surface area (Å²) in [6.07, 6.45) is 7.40. The van der Waals surface area contributed by atoms with Crippen molar-refractivity contribution in [3.63, 3.8) is 0 Å². The quantitative estimate of drug-likeness (QED) is 0.594. The molecule has 2 unspecified atom stereocenters. The number of hydrogen-bond donors (Lipinski definition) is 2. The maximum absolute atomic E-state index is 10.5. The predicted octanol–water partition coefficient (Wildman–Crippen LogP) is 0.611. The fraction of sp³-hybridized carbons (Fsp3) is 0.889. The van der Waals surface area contributed by atoms with Gasteiger partial charge in [0.15, 0.2) is 0 Å². The summed E-state index contributed by atoms with van der Waals surface area (Å²) in [6, 6.07) is 0.596. The summed E-state index contributed by atoms with van der Waals surface area (Å²) < 4.78 is 0. The molecule has 0 aromatic rings. The number of hydrogen-bond acceptors (Lipinski definition) is 3. The first kappa shape index (κ1) is 8.20. The van der Waals surface area contributed by atoms with E-state index in [0.717, 1.165) is 18.6 Å². The molecule has 3 nitrogen and oxygen atoms in total. The van der Waals surface area contributed by atoms with Crippen molar-refractivity contribution in [3.8, 4) is 0 Å². The van der Waals surface area contributed by atoms with Gasteiger partial charge in [0.2, 0.25) is 0 Å². The number of carbonyl (C=O) groups is 1. The van der Waals surface area contributed by atoms with Gasteiger partial charge in [-0.2, -0.15) is 0 Å². The van der Waals surface area contributed by atoms with Crippen molar-refractivity contribution in [1.29, 1.82) is 0 Å². The van der Waals surface area contributed by atoms with Crippen LogP contribution in [0.25, 0.3) is 0 Å². The summed E-state index contributed by atoms with van der Waals surface area (Å²) >= 11 is 0. The summed E-state index contributed by atoms with van der Waals surface area (Å²) in [4.78, 5) is 10.5. The molecule has 1 aliphatic heterocycles. The first-order valence-electron chi connectivity index (χ1n) is 4.86. The third kappa shape index (κ3) is 1.52. The van der Waals surface area contributed by atoms with E-state index >= 15 is 0 Å². The second kappa shape index (κ2) is 3.54. The molecule has 0 spiro atoms. The monoisotopic (exact) mass is 168 g/mol. The Morgan fingerprint density at radius 2 is 1.92 bits per heavy atom. The van der Waals surface area contributed by atoms with Crippen molar-refractivity contribution >= 4 is 6.29 Å². The third-order valence-corrected chi connectivity index (χ3v) is 3.10. The predicted molar refractivity (Wildman–Crippen MR) is 46.5 cm³/mol. The fourth-order valence-corrected chi connectivity index (χ4v) is 2.37. The normalized spacial score (nSPS) is 37.3. The lowest BCUT2D eigenvalue weighted by atomic mass is 9.95. The SMILES string of the molecule is O=CC1CC(C2CCCC2)NN1. The standard InChI is InChI=1S/C9H16N2O/c12-6-8-5-9(11-10-8)7-3-1-2-4-7/h6-11H,1-5H2. The van der Waals surface area contributed by atoms with Crippen molar-refractivity contribution in [2.75, 3.05) is 0 Å². The fourth-order valence-electron chi connectivity index (χ4n) is 2.37. The van der Waals surface area contributed by atoms with Gasteiger partial charge in [-0.15, -0.1) is 0 Å². The molecule has 3 heteroatoms. The lowest BCUT2D eigenvalue weighted by molar-refractivity contribution is -0.109. The lowest BCUT2D eigenvalue weighted by Gasteiger charge is -2.16. The van der Waals surface area contributed by atoms with Crippen LogP contribution in [0.2, 0.25) is 0 Å². The number of carbonyl (C=O) groups excluding carboxylic acids is 1. The second-order valence-corrected chi connectivity index (χ2v) is 3.92. The zero-order chi connectivity index (χ0) is 8.39. The molecule has 12 heavy (non-hydrogen) atoms. The van der Waals surface area contributed by atoms with E-state index in [1.807, 2.05) is 0 Å². The molecule has 68 valence electrons. The van der Waals surface area contributed by atoms with Crippen LogP contribution in [-0.2, 0) is 4.79 Å². The number of aldehydes is 1. The molecular formula is C9H16N2O. The summed E-state index contributed by atoms with van der Waals surface area (Å²) in [6.45, 7) is 0. The van der Waals surface area contributed by atoms with Gasteiger partial charge in [-0.25, -0.2) is 5.43 Å². The maximum atomic E-state index is 10.5. The molecule has 2 aliphatic rings. The summed E-state index contributed by atoms with van der Waals surface area (Å²) in [5.74, 6) is 0.808. The molecule has 2 fully saturated rings. The van der Waals surface area contributed by atoms with Crippen LogP contribution in [0.3, 0.4) is 0 Å². The van der Waals surface area contributed by atoms with Crippen LogP contribution in [-0.4, -0.2) is 18.4 Å². The average Bonchev–Trinajstić information content (AvgIpc) is 2.75. The summed E-state index contributed by atoms with van der Waals surface area (Å²) in [7, 11) is 0. The van der Waals surface area contributed by atoms with Gasteiger partial charge >= 0.3 is 0 Å². The highest BCUT2D eigenvalue weighted by atomic mass is 16.1. The Labute approximate surface area is 72.9 Å². The molecule has 0 radical (unpaired) electrons. The molecule has 1 saturated carbocycles. The average molecular weight is 168 g/mol. The first-order chi connectivity index (χ1) is 5.90. The molecular weight excluding hydrogens is 152 g/mol. The van der Waals surface area contributed by atoms with E-state index < -0.39 is 0 Å². The van der Waals surface area contributed by atoms with Gasteiger partial charge < -0.3 is 4.79 Å². The Hall–Kier alpha value is -0.410. The van der Waals surface area contributed by atoms with Crippen molar-refractivity contribution < 1.29 is 4.79 Å². The van der Waals surface area contributed by atoms with Crippen LogP contribution >= 0.6 is 0 Å². The van der Waals surface area contributed by atoms with Gasteiger partial charge in [0.05, 0.1) is 6.04 Å². The van der Waals surface area contributed by atoms with Crippen LogP contribution in [0.1, 0.15) is 32.1 Å². The highest BCUT2D eigenvalue weighted by Gasteiger charge is 2.31. The van der Waals surface area contributed by atoms with Gasteiger partial charge in [0, 0.05) is 6.04 Å². The Morgan fingerprint density at radius 1 is 1.17 bits per heavy atom.